The Morgan fingerprint density at radius 1 is 1.28 bits per heavy atom. The first kappa shape index (κ1) is 12.7. The van der Waals surface area contributed by atoms with Gasteiger partial charge in [-0.1, -0.05) is 23.2 Å². The summed E-state index contributed by atoms with van der Waals surface area (Å²) in [5, 5.41) is 12.8. The average Bonchev–Trinajstić information content (AvgIpc) is 2.32. The van der Waals surface area contributed by atoms with Gasteiger partial charge in [-0.2, -0.15) is 0 Å². The van der Waals surface area contributed by atoms with Gasteiger partial charge in [0, 0.05) is 11.2 Å². The molecule has 0 bridgehead atoms. The average molecular weight is 283 g/mol. The van der Waals surface area contributed by atoms with Gasteiger partial charge in [-0.05, 0) is 30.3 Å². The van der Waals surface area contributed by atoms with Gasteiger partial charge in [-0.3, -0.25) is 4.79 Å². The van der Waals surface area contributed by atoms with E-state index in [1.807, 2.05) is 0 Å². The van der Waals surface area contributed by atoms with E-state index >= 15 is 0 Å². The van der Waals surface area contributed by atoms with Crippen molar-refractivity contribution >= 4 is 34.9 Å². The summed E-state index contributed by atoms with van der Waals surface area (Å²) in [6.07, 6.45) is 1.50. The van der Waals surface area contributed by atoms with Crippen molar-refractivity contribution < 1.29 is 9.90 Å². The van der Waals surface area contributed by atoms with Gasteiger partial charge in [0.15, 0.2) is 5.82 Å². The van der Waals surface area contributed by atoms with Crippen molar-refractivity contribution in [2.75, 3.05) is 5.32 Å². The van der Waals surface area contributed by atoms with Crippen LogP contribution < -0.4 is 5.32 Å². The molecule has 2 aromatic rings. The van der Waals surface area contributed by atoms with E-state index in [4.69, 9.17) is 23.2 Å². The predicted octanol–water partition coefficient (Wildman–Crippen LogP) is 3.35. The van der Waals surface area contributed by atoms with Gasteiger partial charge >= 0.3 is 0 Å². The highest BCUT2D eigenvalue weighted by Crippen LogP contribution is 2.24. The fourth-order valence-corrected chi connectivity index (χ4v) is 1.68. The Bertz CT molecular complexity index is 602. The molecule has 0 aliphatic heterocycles. The third-order valence-corrected chi connectivity index (χ3v) is 2.73. The van der Waals surface area contributed by atoms with Gasteiger partial charge in [0.2, 0.25) is 0 Å². The van der Waals surface area contributed by atoms with Crippen LogP contribution in [-0.2, 0) is 0 Å². The minimum Gasteiger partial charge on any atom is -0.507 e. The second kappa shape index (κ2) is 5.25. The number of nitrogens with one attached hydrogen (secondary N) is 1. The molecule has 0 spiro atoms. The van der Waals surface area contributed by atoms with Crippen LogP contribution in [-0.4, -0.2) is 16.0 Å². The maximum absolute atomic E-state index is 11.9. The molecule has 0 radical (unpaired) electrons. The molecule has 0 saturated carbocycles. The number of rotatable bonds is 2. The van der Waals surface area contributed by atoms with Crippen LogP contribution in [0.2, 0.25) is 10.0 Å². The molecule has 4 nitrogen and oxygen atoms in total. The number of amides is 1. The first-order chi connectivity index (χ1) is 8.58. The van der Waals surface area contributed by atoms with Gasteiger partial charge in [-0.15, -0.1) is 0 Å². The van der Waals surface area contributed by atoms with Crippen LogP contribution in [0.1, 0.15) is 10.4 Å². The van der Waals surface area contributed by atoms with E-state index in [1.165, 1.54) is 24.4 Å². The Morgan fingerprint density at radius 2 is 2.06 bits per heavy atom. The molecule has 0 atom stereocenters. The van der Waals surface area contributed by atoms with Crippen molar-refractivity contribution in [3.8, 4) is 5.75 Å². The van der Waals surface area contributed by atoms with E-state index < -0.39 is 5.91 Å². The molecule has 0 saturated heterocycles. The van der Waals surface area contributed by atoms with Crippen LogP contribution in [0.15, 0.2) is 36.5 Å². The highest BCUT2D eigenvalue weighted by Gasteiger charge is 2.13. The fourth-order valence-electron chi connectivity index (χ4n) is 1.35. The summed E-state index contributed by atoms with van der Waals surface area (Å²) in [5.41, 5.74) is 0.0983. The molecule has 0 aliphatic rings. The molecular weight excluding hydrogens is 275 g/mol. The molecular formula is C12H8Cl2N2O2. The molecule has 0 aliphatic carbocycles. The zero-order chi connectivity index (χ0) is 13.1. The maximum atomic E-state index is 11.9. The summed E-state index contributed by atoms with van der Waals surface area (Å²) in [7, 11) is 0. The second-order valence-electron chi connectivity index (χ2n) is 3.45. The number of hydrogen-bond donors (Lipinski definition) is 2. The standard InChI is InChI=1S/C12H8Cl2N2O2/c13-7-3-4-8(10(17)6-7)12(18)16-11-9(14)2-1-5-15-11/h1-6,17H,(H,15,16,18). The highest BCUT2D eigenvalue weighted by atomic mass is 35.5. The lowest BCUT2D eigenvalue weighted by Crippen LogP contribution is -2.13. The number of aromatic hydroxyl groups is 1. The summed E-state index contributed by atoms with van der Waals surface area (Å²) in [5.74, 6) is -0.477. The first-order valence-corrected chi connectivity index (χ1v) is 5.74. The number of phenolic OH excluding ortho intramolecular Hbond substituents is 1. The third kappa shape index (κ3) is 2.72. The lowest BCUT2D eigenvalue weighted by Gasteiger charge is -2.07. The minimum absolute atomic E-state index is 0.0983. The summed E-state index contributed by atoms with van der Waals surface area (Å²) < 4.78 is 0. The van der Waals surface area contributed by atoms with E-state index in [1.54, 1.807) is 12.1 Å². The van der Waals surface area contributed by atoms with E-state index in [2.05, 4.69) is 10.3 Å². The highest BCUT2D eigenvalue weighted by molar-refractivity contribution is 6.33. The van der Waals surface area contributed by atoms with Gasteiger partial charge < -0.3 is 10.4 Å². The maximum Gasteiger partial charge on any atom is 0.260 e. The van der Waals surface area contributed by atoms with Crippen molar-refractivity contribution in [2.24, 2.45) is 0 Å². The molecule has 18 heavy (non-hydrogen) atoms. The Hall–Kier alpha value is -1.78. The van der Waals surface area contributed by atoms with Crippen LogP contribution >= 0.6 is 23.2 Å². The molecule has 1 heterocycles. The molecule has 1 amide bonds. The van der Waals surface area contributed by atoms with E-state index in [0.717, 1.165) is 0 Å². The summed E-state index contributed by atoms with van der Waals surface area (Å²) in [6, 6.07) is 7.47. The number of anilines is 1. The number of pyridine rings is 1. The zero-order valence-electron chi connectivity index (χ0n) is 9.02. The molecule has 2 N–H and O–H groups in total. The third-order valence-electron chi connectivity index (χ3n) is 2.19. The van der Waals surface area contributed by atoms with Gasteiger partial charge in [-0.25, -0.2) is 4.98 Å². The van der Waals surface area contributed by atoms with Crippen LogP contribution in [0.3, 0.4) is 0 Å². The lowest BCUT2D eigenvalue weighted by atomic mass is 10.2. The van der Waals surface area contributed by atoms with Crippen LogP contribution in [0.25, 0.3) is 0 Å². The monoisotopic (exact) mass is 282 g/mol. The predicted molar refractivity (Wildman–Crippen MR) is 70.3 cm³/mol. The van der Waals surface area contributed by atoms with Crippen molar-refractivity contribution in [2.45, 2.75) is 0 Å². The molecule has 1 aromatic carbocycles. The van der Waals surface area contributed by atoms with E-state index in [-0.39, 0.29) is 17.1 Å². The quantitative estimate of drug-likeness (QED) is 0.888. The Labute approximate surface area is 113 Å². The largest absolute Gasteiger partial charge is 0.507 e. The number of carbonyl (C=O) groups excluding carboxylic acids is 1. The number of benzene rings is 1. The SMILES string of the molecule is O=C(Nc1ncccc1Cl)c1ccc(Cl)cc1O. The van der Waals surface area contributed by atoms with Crippen molar-refractivity contribution in [3.63, 3.8) is 0 Å². The zero-order valence-corrected chi connectivity index (χ0v) is 10.5. The Kier molecular flexibility index (Phi) is 3.69. The van der Waals surface area contributed by atoms with Crippen LogP contribution in [0.4, 0.5) is 5.82 Å². The number of hydrogen-bond acceptors (Lipinski definition) is 3. The number of aromatic nitrogens is 1. The molecule has 0 fully saturated rings. The number of halogens is 2. The minimum atomic E-state index is -0.509. The smallest absolute Gasteiger partial charge is 0.260 e. The van der Waals surface area contributed by atoms with Crippen molar-refractivity contribution in [1.82, 2.24) is 4.98 Å². The van der Waals surface area contributed by atoms with Gasteiger partial charge in [0.25, 0.3) is 5.91 Å². The number of carbonyl (C=O) groups is 1. The van der Waals surface area contributed by atoms with E-state index in [9.17, 15) is 9.90 Å². The Balaban J connectivity index is 2.25. The molecule has 1 aromatic heterocycles. The molecule has 6 heteroatoms. The molecule has 0 unspecified atom stereocenters. The number of nitrogens with zero attached hydrogens (tertiary/aromatic N) is 1. The lowest BCUT2D eigenvalue weighted by molar-refractivity contribution is 0.102. The molecule has 2 rings (SSSR count). The van der Waals surface area contributed by atoms with E-state index in [0.29, 0.717) is 10.0 Å². The summed E-state index contributed by atoms with van der Waals surface area (Å²) in [6.45, 7) is 0. The van der Waals surface area contributed by atoms with Crippen molar-refractivity contribution in [3.05, 3.63) is 52.1 Å². The summed E-state index contributed by atoms with van der Waals surface area (Å²) >= 11 is 11.5. The van der Waals surface area contributed by atoms with Gasteiger partial charge in [0.1, 0.15) is 5.75 Å². The number of phenols is 1. The second-order valence-corrected chi connectivity index (χ2v) is 4.29. The summed E-state index contributed by atoms with van der Waals surface area (Å²) in [4.78, 5) is 15.8. The van der Waals surface area contributed by atoms with Gasteiger partial charge in [0.05, 0.1) is 10.6 Å². The van der Waals surface area contributed by atoms with Crippen LogP contribution in [0.5, 0.6) is 5.75 Å². The fraction of sp³-hybridized carbons (Fsp3) is 0. The van der Waals surface area contributed by atoms with Crippen molar-refractivity contribution in [1.29, 1.82) is 0 Å². The Morgan fingerprint density at radius 3 is 2.72 bits per heavy atom. The molecule has 92 valence electrons. The topological polar surface area (TPSA) is 62.2 Å². The van der Waals surface area contributed by atoms with Crippen LogP contribution in [0, 0.1) is 0 Å². The normalized spacial score (nSPS) is 10.1. The first-order valence-electron chi connectivity index (χ1n) is 4.98.